The van der Waals surface area contributed by atoms with E-state index in [1.165, 1.54) is 10.6 Å². The summed E-state index contributed by atoms with van der Waals surface area (Å²) in [5.74, 6) is -2.80. The molecule has 0 radical (unpaired) electrons. The van der Waals surface area contributed by atoms with Crippen molar-refractivity contribution in [1.82, 2.24) is 9.55 Å². The molecule has 0 fully saturated rings. The number of hydrogen-bond donors (Lipinski definition) is 1. The third-order valence-corrected chi connectivity index (χ3v) is 3.32. The summed E-state index contributed by atoms with van der Waals surface area (Å²) in [4.78, 5) is 15.5. The van der Waals surface area contributed by atoms with Crippen LogP contribution in [0.15, 0.2) is 23.0 Å². The summed E-state index contributed by atoms with van der Waals surface area (Å²) in [6.07, 6.45) is 0.814. The molecule has 0 spiro atoms. The van der Waals surface area contributed by atoms with Crippen molar-refractivity contribution in [2.75, 3.05) is 11.9 Å². The zero-order valence-corrected chi connectivity index (χ0v) is 13.4. The van der Waals surface area contributed by atoms with Gasteiger partial charge >= 0.3 is 5.69 Å². The molecule has 2 aromatic rings. The lowest BCUT2D eigenvalue weighted by Gasteiger charge is -2.19. The van der Waals surface area contributed by atoms with Gasteiger partial charge in [-0.15, -0.1) is 0 Å². The number of aromatic nitrogens is 2. The minimum absolute atomic E-state index is 0.00483. The van der Waals surface area contributed by atoms with Crippen molar-refractivity contribution in [3.05, 3.63) is 51.7 Å². The Balaban J connectivity index is 0.00000100. The van der Waals surface area contributed by atoms with E-state index in [1.807, 2.05) is 13.8 Å². The molecule has 130 valence electrons. The van der Waals surface area contributed by atoms with Gasteiger partial charge in [0.05, 0.1) is 0 Å². The van der Waals surface area contributed by atoms with Gasteiger partial charge in [0.2, 0.25) is 5.88 Å². The normalized spacial score (nSPS) is 12.5. The molecule has 0 saturated carbocycles. The summed E-state index contributed by atoms with van der Waals surface area (Å²) >= 11 is 0. The van der Waals surface area contributed by atoms with Gasteiger partial charge in [0, 0.05) is 30.8 Å². The highest BCUT2D eigenvalue weighted by Gasteiger charge is 2.14. The molecule has 1 N–H and O–H groups in total. The zero-order valence-electron chi connectivity index (χ0n) is 13.4. The van der Waals surface area contributed by atoms with E-state index in [0.717, 1.165) is 13.0 Å². The minimum Gasteiger partial charge on any atom is -0.472 e. The number of hydrogen-bond acceptors (Lipinski definition) is 4. The summed E-state index contributed by atoms with van der Waals surface area (Å²) in [7, 11) is 0. The summed E-state index contributed by atoms with van der Waals surface area (Å²) in [6, 6.07) is 2.68. The van der Waals surface area contributed by atoms with Crippen LogP contribution in [0.2, 0.25) is 0 Å². The summed E-state index contributed by atoms with van der Waals surface area (Å²) in [6.45, 7) is 4.92. The van der Waals surface area contributed by atoms with Crippen molar-refractivity contribution < 1.29 is 17.9 Å². The first-order valence-corrected chi connectivity index (χ1v) is 7.66. The van der Waals surface area contributed by atoms with Crippen molar-refractivity contribution >= 4 is 5.82 Å². The molecule has 0 bridgehead atoms. The number of nitrogens with one attached hydrogen (secondary N) is 1. The first-order valence-electron chi connectivity index (χ1n) is 7.66. The number of anilines is 1. The topological polar surface area (TPSA) is 56.1 Å². The maximum absolute atomic E-state index is 13.5. The SMILES string of the molecule is CC.O=c1nc(OCc2cc(F)c(F)cc2F)cc2n1CCCN2. The second-order valence-electron chi connectivity index (χ2n) is 4.84. The summed E-state index contributed by atoms with van der Waals surface area (Å²) in [5.41, 5.74) is -0.642. The Morgan fingerprint density at radius 2 is 1.88 bits per heavy atom. The molecule has 1 aromatic heterocycles. The lowest BCUT2D eigenvalue weighted by atomic mass is 10.2. The highest BCUT2D eigenvalue weighted by molar-refractivity contribution is 5.40. The molecular formula is C16H18F3N3O2. The molecule has 0 amide bonds. The Labute approximate surface area is 137 Å². The molecule has 1 aromatic carbocycles. The fourth-order valence-corrected chi connectivity index (χ4v) is 2.20. The summed E-state index contributed by atoms with van der Waals surface area (Å²) < 4.78 is 46.1. The molecule has 1 aliphatic rings. The monoisotopic (exact) mass is 341 g/mol. The van der Waals surface area contributed by atoms with Crippen LogP contribution in [0.4, 0.5) is 19.0 Å². The first-order chi connectivity index (χ1) is 11.5. The average Bonchev–Trinajstić information content (AvgIpc) is 2.59. The molecule has 24 heavy (non-hydrogen) atoms. The molecule has 0 atom stereocenters. The fraction of sp³-hybridized carbons (Fsp3) is 0.375. The minimum atomic E-state index is -1.27. The molecule has 3 rings (SSSR count). The lowest BCUT2D eigenvalue weighted by Crippen LogP contribution is -2.30. The van der Waals surface area contributed by atoms with E-state index < -0.39 is 23.1 Å². The largest absolute Gasteiger partial charge is 0.472 e. The smallest absolute Gasteiger partial charge is 0.352 e. The second-order valence-corrected chi connectivity index (χ2v) is 4.84. The number of rotatable bonds is 3. The average molecular weight is 341 g/mol. The molecule has 0 aliphatic carbocycles. The van der Waals surface area contributed by atoms with Crippen LogP contribution in [0.1, 0.15) is 25.8 Å². The van der Waals surface area contributed by atoms with Crippen molar-refractivity contribution in [2.45, 2.75) is 33.4 Å². The van der Waals surface area contributed by atoms with Gasteiger partial charge in [-0.05, 0) is 12.5 Å². The third-order valence-electron chi connectivity index (χ3n) is 3.32. The van der Waals surface area contributed by atoms with E-state index in [-0.39, 0.29) is 18.1 Å². The van der Waals surface area contributed by atoms with Crippen LogP contribution >= 0.6 is 0 Å². The number of nitrogens with zero attached hydrogens (tertiary/aromatic N) is 2. The maximum atomic E-state index is 13.5. The van der Waals surface area contributed by atoms with Gasteiger partial charge in [-0.3, -0.25) is 4.57 Å². The van der Waals surface area contributed by atoms with Gasteiger partial charge in [-0.1, -0.05) is 13.8 Å². The van der Waals surface area contributed by atoms with Gasteiger partial charge < -0.3 is 10.1 Å². The van der Waals surface area contributed by atoms with E-state index in [0.29, 0.717) is 24.5 Å². The Morgan fingerprint density at radius 1 is 1.17 bits per heavy atom. The van der Waals surface area contributed by atoms with Crippen LogP contribution in [0.25, 0.3) is 0 Å². The maximum Gasteiger partial charge on any atom is 0.352 e. The molecule has 0 unspecified atom stereocenters. The number of benzene rings is 1. The van der Waals surface area contributed by atoms with Crippen molar-refractivity contribution in [3.63, 3.8) is 0 Å². The van der Waals surface area contributed by atoms with E-state index in [9.17, 15) is 18.0 Å². The van der Waals surface area contributed by atoms with E-state index in [1.54, 1.807) is 0 Å². The van der Waals surface area contributed by atoms with Crippen LogP contribution in [0, 0.1) is 17.5 Å². The molecule has 1 aliphatic heterocycles. The van der Waals surface area contributed by atoms with Gasteiger partial charge in [-0.25, -0.2) is 18.0 Å². The highest BCUT2D eigenvalue weighted by Crippen LogP contribution is 2.19. The molecule has 0 saturated heterocycles. The van der Waals surface area contributed by atoms with Gasteiger partial charge in [-0.2, -0.15) is 4.98 Å². The lowest BCUT2D eigenvalue weighted by molar-refractivity contribution is 0.283. The van der Waals surface area contributed by atoms with Crippen molar-refractivity contribution in [1.29, 1.82) is 0 Å². The molecule has 8 heteroatoms. The van der Waals surface area contributed by atoms with E-state index >= 15 is 0 Å². The Bertz CT molecular complexity index is 778. The third kappa shape index (κ3) is 3.87. The van der Waals surface area contributed by atoms with Crippen LogP contribution in [-0.2, 0) is 13.2 Å². The molecular weight excluding hydrogens is 323 g/mol. The quantitative estimate of drug-likeness (QED) is 0.872. The molecule has 2 heterocycles. The zero-order chi connectivity index (χ0) is 17.7. The highest BCUT2D eigenvalue weighted by atomic mass is 19.2. The standard InChI is InChI=1S/C14H12F3N3O2.C2H6/c15-9-5-11(17)10(16)4-8(9)7-22-13-6-12-18-2-1-3-20(12)14(21)19-13;1-2/h4-6,18H,1-3,7H2;1-2H3. The van der Waals surface area contributed by atoms with Crippen LogP contribution in [0.3, 0.4) is 0 Å². The molecule has 5 nitrogen and oxygen atoms in total. The van der Waals surface area contributed by atoms with Gasteiger partial charge in [0.15, 0.2) is 11.6 Å². The number of ether oxygens (including phenoxy) is 1. The Kier molecular flexibility index (Phi) is 5.83. The van der Waals surface area contributed by atoms with Gasteiger partial charge in [0.1, 0.15) is 18.2 Å². The predicted molar refractivity (Wildman–Crippen MR) is 83.6 cm³/mol. The fourth-order valence-electron chi connectivity index (χ4n) is 2.20. The van der Waals surface area contributed by atoms with E-state index in [4.69, 9.17) is 4.74 Å². The van der Waals surface area contributed by atoms with Crippen molar-refractivity contribution in [2.24, 2.45) is 0 Å². The van der Waals surface area contributed by atoms with Crippen molar-refractivity contribution in [3.8, 4) is 5.88 Å². The Morgan fingerprint density at radius 3 is 2.62 bits per heavy atom. The Hall–Kier alpha value is -2.51. The van der Waals surface area contributed by atoms with Crippen LogP contribution in [0.5, 0.6) is 5.88 Å². The predicted octanol–water partition coefficient (Wildman–Crippen LogP) is 3.08. The van der Waals surface area contributed by atoms with Crippen LogP contribution < -0.4 is 15.7 Å². The van der Waals surface area contributed by atoms with Crippen LogP contribution in [-0.4, -0.2) is 16.1 Å². The number of fused-ring (bicyclic) bond motifs is 1. The van der Waals surface area contributed by atoms with E-state index in [2.05, 4.69) is 10.3 Å². The first kappa shape index (κ1) is 17.8. The summed E-state index contributed by atoms with van der Waals surface area (Å²) in [5, 5.41) is 3.03. The number of halogens is 3. The second kappa shape index (κ2) is 7.85. The van der Waals surface area contributed by atoms with Gasteiger partial charge in [0.25, 0.3) is 0 Å².